The van der Waals surface area contributed by atoms with Gasteiger partial charge in [0.15, 0.2) is 16.6 Å². The smallest absolute Gasteiger partial charge is 0.331 e. The van der Waals surface area contributed by atoms with Gasteiger partial charge in [0.25, 0.3) is 0 Å². The van der Waals surface area contributed by atoms with Crippen molar-refractivity contribution in [1.82, 2.24) is 4.98 Å². The maximum Gasteiger partial charge on any atom is 0.331 e. The Morgan fingerprint density at radius 1 is 1.11 bits per heavy atom. The quantitative estimate of drug-likeness (QED) is 0.242. The highest BCUT2D eigenvalue weighted by Gasteiger charge is 2.21. The summed E-state index contributed by atoms with van der Waals surface area (Å²) in [4.78, 5) is 29.9. The normalized spacial score (nSPS) is 10.9. The lowest BCUT2D eigenvalue weighted by Crippen LogP contribution is -2.23. The van der Waals surface area contributed by atoms with Gasteiger partial charge in [-0.1, -0.05) is 25.1 Å². The minimum atomic E-state index is -0.554. The van der Waals surface area contributed by atoms with Gasteiger partial charge in [-0.15, -0.1) is 11.3 Å². The molecule has 0 bridgehead atoms. The van der Waals surface area contributed by atoms with E-state index in [9.17, 15) is 14.0 Å². The Morgan fingerprint density at radius 2 is 1.91 bits per heavy atom. The molecule has 0 aliphatic rings. The van der Waals surface area contributed by atoms with E-state index in [2.05, 4.69) is 4.98 Å². The lowest BCUT2D eigenvalue weighted by molar-refractivity contribution is -0.139. The van der Waals surface area contributed by atoms with Gasteiger partial charge < -0.3 is 14.2 Å². The maximum atomic E-state index is 14.2. The fourth-order valence-electron chi connectivity index (χ4n) is 3.09. The van der Waals surface area contributed by atoms with Crippen LogP contribution in [0.15, 0.2) is 53.9 Å². The Morgan fingerprint density at radius 3 is 2.63 bits per heavy atom. The summed E-state index contributed by atoms with van der Waals surface area (Å²) in [5, 5.41) is 1.95. The van der Waals surface area contributed by atoms with Crippen molar-refractivity contribution < 1.29 is 28.2 Å². The summed E-state index contributed by atoms with van der Waals surface area (Å²) in [5.74, 6) is -0.206. The van der Waals surface area contributed by atoms with Crippen molar-refractivity contribution in [2.45, 2.75) is 33.8 Å². The van der Waals surface area contributed by atoms with Crippen molar-refractivity contribution in [1.29, 1.82) is 0 Å². The molecular formula is C26H27FN2O5S. The molecule has 184 valence electrons. The molecule has 0 unspecified atom stereocenters. The summed E-state index contributed by atoms with van der Waals surface area (Å²) in [6, 6.07) is 11.4. The Hall–Kier alpha value is -3.72. The van der Waals surface area contributed by atoms with Crippen LogP contribution in [0.5, 0.6) is 11.5 Å². The van der Waals surface area contributed by atoms with Crippen LogP contribution in [-0.2, 0) is 20.9 Å². The van der Waals surface area contributed by atoms with Gasteiger partial charge in [0.05, 0.1) is 24.6 Å². The van der Waals surface area contributed by atoms with E-state index in [0.29, 0.717) is 30.4 Å². The average molecular weight is 499 g/mol. The van der Waals surface area contributed by atoms with Crippen LogP contribution in [0.2, 0.25) is 0 Å². The van der Waals surface area contributed by atoms with Crippen molar-refractivity contribution in [2.24, 2.45) is 0 Å². The largest absolute Gasteiger partial charge is 0.490 e. The summed E-state index contributed by atoms with van der Waals surface area (Å²) < 4.78 is 30.8. The third kappa shape index (κ3) is 7.13. The molecule has 0 aliphatic carbocycles. The highest BCUT2D eigenvalue weighted by Crippen LogP contribution is 2.31. The number of halogens is 1. The molecule has 3 rings (SSSR count). The van der Waals surface area contributed by atoms with Crippen LogP contribution in [0.3, 0.4) is 0 Å². The van der Waals surface area contributed by atoms with Crippen LogP contribution in [0.4, 0.5) is 15.2 Å². The van der Waals surface area contributed by atoms with Crippen molar-refractivity contribution >= 4 is 40.1 Å². The van der Waals surface area contributed by atoms with E-state index in [1.54, 1.807) is 35.7 Å². The van der Waals surface area contributed by atoms with Crippen molar-refractivity contribution in [3.8, 4) is 11.5 Å². The lowest BCUT2D eigenvalue weighted by atomic mass is 10.2. The third-order valence-corrected chi connectivity index (χ3v) is 5.52. The molecule has 0 fully saturated rings. The van der Waals surface area contributed by atoms with E-state index in [-0.39, 0.29) is 23.3 Å². The van der Waals surface area contributed by atoms with Crippen LogP contribution in [0.25, 0.3) is 6.08 Å². The Balaban J connectivity index is 1.63. The maximum absolute atomic E-state index is 14.2. The Bertz CT molecular complexity index is 1190. The van der Waals surface area contributed by atoms with Crippen LogP contribution in [0.1, 0.15) is 38.4 Å². The SMILES string of the molecule is CCCOc1ccc(/C=C/C(=O)OCc2csc(N(C(C)=O)c3ccccc3F)n2)cc1OCC. The van der Waals surface area contributed by atoms with Gasteiger partial charge in [-0.2, -0.15) is 0 Å². The fraction of sp³-hybridized carbons (Fsp3) is 0.269. The zero-order chi connectivity index (χ0) is 25.2. The Kier molecular flexibility index (Phi) is 9.37. The number of esters is 1. The number of hydrogen-bond acceptors (Lipinski definition) is 7. The fourth-order valence-corrected chi connectivity index (χ4v) is 3.96. The van der Waals surface area contributed by atoms with Crippen molar-refractivity contribution in [3.05, 3.63) is 71.0 Å². The molecule has 0 aliphatic heterocycles. The molecule has 7 nitrogen and oxygen atoms in total. The van der Waals surface area contributed by atoms with E-state index in [0.717, 1.165) is 23.3 Å². The van der Waals surface area contributed by atoms with Crippen molar-refractivity contribution in [3.63, 3.8) is 0 Å². The van der Waals surface area contributed by atoms with Crippen LogP contribution in [0, 0.1) is 5.82 Å². The number of hydrogen-bond donors (Lipinski definition) is 0. The van der Waals surface area contributed by atoms with Gasteiger partial charge in [-0.3, -0.25) is 9.69 Å². The zero-order valence-electron chi connectivity index (χ0n) is 19.8. The Labute approximate surface area is 207 Å². The number of carbonyl (C=O) groups excluding carboxylic acids is 2. The van der Waals surface area contributed by atoms with Gasteiger partial charge in [0, 0.05) is 18.4 Å². The summed E-state index contributed by atoms with van der Waals surface area (Å²) in [7, 11) is 0. The molecule has 1 amide bonds. The number of ether oxygens (including phenoxy) is 3. The number of benzene rings is 2. The van der Waals surface area contributed by atoms with E-state index in [4.69, 9.17) is 14.2 Å². The van der Waals surface area contributed by atoms with Crippen LogP contribution >= 0.6 is 11.3 Å². The number of para-hydroxylation sites is 1. The van der Waals surface area contributed by atoms with Crippen LogP contribution < -0.4 is 14.4 Å². The predicted octanol–water partition coefficient (Wildman–Crippen LogP) is 5.91. The summed E-state index contributed by atoms with van der Waals surface area (Å²) in [6.45, 7) is 6.24. The molecule has 35 heavy (non-hydrogen) atoms. The molecular weight excluding hydrogens is 471 g/mol. The number of aromatic nitrogens is 1. The second-order valence-electron chi connectivity index (χ2n) is 7.36. The summed E-state index contributed by atoms with van der Waals surface area (Å²) in [6.07, 6.45) is 3.82. The van der Waals surface area contributed by atoms with E-state index in [1.165, 1.54) is 30.0 Å². The number of amides is 1. The molecule has 0 N–H and O–H groups in total. The molecule has 0 spiro atoms. The molecule has 9 heteroatoms. The number of thiazole rings is 1. The summed E-state index contributed by atoms with van der Waals surface area (Å²) in [5.41, 5.74) is 1.32. The number of nitrogens with zero attached hydrogens (tertiary/aromatic N) is 2. The number of carbonyl (C=O) groups is 2. The average Bonchev–Trinajstić information content (AvgIpc) is 3.30. The monoisotopic (exact) mass is 498 g/mol. The van der Waals surface area contributed by atoms with Gasteiger partial charge >= 0.3 is 5.97 Å². The van der Waals surface area contributed by atoms with Gasteiger partial charge in [-0.05, 0) is 49.2 Å². The van der Waals surface area contributed by atoms with Crippen molar-refractivity contribution in [2.75, 3.05) is 18.1 Å². The predicted molar refractivity (Wildman–Crippen MR) is 134 cm³/mol. The first-order valence-electron chi connectivity index (χ1n) is 11.2. The first-order valence-corrected chi connectivity index (χ1v) is 12.0. The molecule has 0 atom stereocenters. The van der Waals surface area contributed by atoms with E-state index < -0.39 is 11.8 Å². The molecule has 2 aromatic carbocycles. The van der Waals surface area contributed by atoms with Gasteiger partial charge in [0.1, 0.15) is 12.4 Å². The zero-order valence-corrected chi connectivity index (χ0v) is 20.6. The van der Waals surface area contributed by atoms with E-state index >= 15 is 0 Å². The molecule has 3 aromatic rings. The van der Waals surface area contributed by atoms with Gasteiger partial charge in [-0.25, -0.2) is 14.2 Å². The van der Waals surface area contributed by atoms with Gasteiger partial charge in [0.2, 0.25) is 5.91 Å². The number of anilines is 2. The standard InChI is InChI=1S/C26H27FN2O5S/c1-4-14-33-23-12-10-19(15-24(23)32-5-2)11-13-25(31)34-16-20-17-35-26(28-20)29(18(3)30)22-9-7-6-8-21(22)27/h6-13,15,17H,4-5,14,16H2,1-3H3/b13-11+. The topological polar surface area (TPSA) is 78.0 Å². The molecule has 0 radical (unpaired) electrons. The molecule has 1 heterocycles. The molecule has 0 saturated carbocycles. The highest BCUT2D eigenvalue weighted by atomic mass is 32.1. The lowest BCUT2D eigenvalue weighted by Gasteiger charge is -2.18. The third-order valence-electron chi connectivity index (χ3n) is 4.64. The molecule has 0 saturated heterocycles. The first-order chi connectivity index (χ1) is 16.9. The number of rotatable bonds is 11. The second kappa shape index (κ2) is 12.7. The highest BCUT2D eigenvalue weighted by molar-refractivity contribution is 7.14. The van der Waals surface area contributed by atoms with E-state index in [1.807, 2.05) is 19.9 Å². The second-order valence-corrected chi connectivity index (χ2v) is 8.19. The minimum absolute atomic E-state index is 0.0866. The summed E-state index contributed by atoms with van der Waals surface area (Å²) >= 11 is 1.16. The minimum Gasteiger partial charge on any atom is -0.490 e. The molecule has 1 aromatic heterocycles. The van der Waals surface area contributed by atoms with Crippen LogP contribution in [-0.4, -0.2) is 30.1 Å². The first kappa shape index (κ1) is 25.9.